The molecule has 114 valence electrons. The van der Waals surface area contributed by atoms with E-state index in [1.165, 1.54) is 18.5 Å². The zero-order valence-electron chi connectivity index (χ0n) is 13.0. The van der Waals surface area contributed by atoms with E-state index in [9.17, 15) is 0 Å². The Balaban J connectivity index is 2.07. The molecule has 1 N–H and O–H groups in total. The van der Waals surface area contributed by atoms with Crippen LogP contribution in [0.15, 0.2) is 0 Å². The number of rotatable bonds is 7. The van der Waals surface area contributed by atoms with Crippen LogP contribution in [0.25, 0.3) is 0 Å². The van der Waals surface area contributed by atoms with Crippen molar-refractivity contribution in [2.75, 3.05) is 19.6 Å². The molecule has 4 nitrogen and oxygen atoms in total. The molecule has 20 heavy (non-hydrogen) atoms. The minimum absolute atomic E-state index is 0.636. The molecule has 0 bridgehead atoms. The molecule has 1 saturated heterocycles. The number of aryl methyl sites for hydroxylation is 2. The van der Waals surface area contributed by atoms with Gasteiger partial charge in [0.15, 0.2) is 0 Å². The van der Waals surface area contributed by atoms with Crippen molar-refractivity contribution in [3.8, 4) is 0 Å². The van der Waals surface area contributed by atoms with Crippen molar-refractivity contribution >= 4 is 11.6 Å². The van der Waals surface area contributed by atoms with E-state index in [1.807, 2.05) is 0 Å². The number of nitrogens with one attached hydrogen (secondary N) is 1. The Morgan fingerprint density at radius 1 is 1.40 bits per heavy atom. The van der Waals surface area contributed by atoms with Crippen LogP contribution in [0.2, 0.25) is 5.02 Å². The minimum atomic E-state index is 0.636. The Kier molecular flexibility index (Phi) is 5.87. The average Bonchev–Trinajstić information content (AvgIpc) is 3.07. The molecular formula is C15H27ClN4. The van der Waals surface area contributed by atoms with Crippen LogP contribution in [0.3, 0.4) is 0 Å². The first-order chi connectivity index (χ1) is 9.69. The van der Waals surface area contributed by atoms with Crippen molar-refractivity contribution in [1.29, 1.82) is 0 Å². The smallest absolute Gasteiger partial charge is 0.0863 e. The molecule has 1 unspecified atom stereocenters. The molecule has 0 aliphatic carbocycles. The fraction of sp³-hybridized carbons (Fsp3) is 0.800. The van der Waals surface area contributed by atoms with Gasteiger partial charge in [0.25, 0.3) is 0 Å². The SMILES string of the molecule is CCc1nn(CC)c(CN(CC)CC2CCCN2)c1Cl. The molecule has 0 amide bonds. The van der Waals surface area contributed by atoms with Gasteiger partial charge < -0.3 is 5.32 Å². The largest absolute Gasteiger partial charge is 0.313 e. The van der Waals surface area contributed by atoms with Gasteiger partial charge in [0.2, 0.25) is 0 Å². The van der Waals surface area contributed by atoms with Crippen LogP contribution in [0.5, 0.6) is 0 Å². The van der Waals surface area contributed by atoms with Gasteiger partial charge in [-0.05, 0) is 39.3 Å². The maximum Gasteiger partial charge on any atom is 0.0863 e. The van der Waals surface area contributed by atoms with E-state index >= 15 is 0 Å². The highest BCUT2D eigenvalue weighted by molar-refractivity contribution is 6.31. The summed E-state index contributed by atoms with van der Waals surface area (Å²) in [6.45, 7) is 11.5. The zero-order chi connectivity index (χ0) is 14.5. The Bertz CT molecular complexity index is 424. The number of likely N-dealkylation sites (N-methyl/N-ethyl adjacent to an activating group) is 1. The van der Waals surface area contributed by atoms with Crippen LogP contribution in [0.1, 0.15) is 45.0 Å². The van der Waals surface area contributed by atoms with Crippen molar-refractivity contribution in [3.63, 3.8) is 0 Å². The average molecular weight is 299 g/mol. The van der Waals surface area contributed by atoms with Gasteiger partial charge in [-0.2, -0.15) is 5.10 Å². The molecule has 1 aliphatic rings. The van der Waals surface area contributed by atoms with E-state index in [2.05, 4.69) is 40.8 Å². The first-order valence-electron chi connectivity index (χ1n) is 7.89. The quantitative estimate of drug-likeness (QED) is 0.840. The second-order valence-electron chi connectivity index (χ2n) is 5.50. The summed E-state index contributed by atoms with van der Waals surface area (Å²) in [5.74, 6) is 0. The maximum absolute atomic E-state index is 6.50. The Morgan fingerprint density at radius 3 is 2.75 bits per heavy atom. The number of hydrogen-bond acceptors (Lipinski definition) is 3. The summed E-state index contributed by atoms with van der Waals surface area (Å²) in [5.41, 5.74) is 2.20. The molecule has 1 fully saturated rings. The summed E-state index contributed by atoms with van der Waals surface area (Å²) in [5, 5.41) is 9.05. The lowest BCUT2D eigenvalue weighted by molar-refractivity contribution is 0.246. The van der Waals surface area contributed by atoms with Gasteiger partial charge in [-0.1, -0.05) is 25.4 Å². The second kappa shape index (κ2) is 7.43. The van der Waals surface area contributed by atoms with Gasteiger partial charge in [-0.25, -0.2) is 0 Å². The van der Waals surface area contributed by atoms with Crippen LogP contribution >= 0.6 is 11.6 Å². The van der Waals surface area contributed by atoms with E-state index in [4.69, 9.17) is 11.6 Å². The molecule has 1 aromatic rings. The van der Waals surface area contributed by atoms with E-state index in [-0.39, 0.29) is 0 Å². The lowest BCUT2D eigenvalue weighted by atomic mass is 10.2. The summed E-state index contributed by atoms with van der Waals surface area (Å²) in [6, 6.07) is 0.636. The van der Waals surface area contributed by atoms with Gasteiger partial charge in [0.05, 0.1) is 16.4 Å². The highest BCUT2D eigenvalue weighted by Gasteiger charge is 2.20. The molecule has 0 saturated carbocycles. The van der Waals surface area contributed by atoms with Gasteiger partial charge in [0, 0.05) is 25.7 Å². The normalized spacial score (nSPS) is 19.1. The second-order valence-corrected chi connectivity index (χ2v) is 5.88. The maximum atomic E-state index is 6.50. The van der Waals surface area contributed by atoms with Gasteiger partial charge in [-0.15, -0.1) is 0 Å². The number of hydrogen-bond donors (Lipinski definition) is 1. The topological polar surface area (TPSA) is 33.1 Å². The predicted octanol–water partition coefficient (Wildman–Crippen LogP) is 2.69. The molecule has 1 aliphatic heterocycles. The van der Waals surface area contributed by atoms with E-state index in [0.717, 1.165) is 49.9 Å². The van der Waals surface area contributed by atoms with Crippen LogP contribution in [0.4, 0.5) is 0 Å². The molecule has 0 aromatic carbocycles. The summed E-state index contributed by atoms with van der Waals surface area (Å²) < 4.78 is 2.06. The van der Waals surface area contributed by atoms with Gasteiger partial charge in [-0.3, -0.25) is 9.58 Å². The molecule has 0 radical (unpaired) electrons. The third kappa shape index (κ3) is 3.54. The highest BCUT2D eigenvalue weighted by Crippen LogP contribution is 2.23. The standard InChI is InChI=1S/C15H27ClN4/c1-4-13-15(16)14(20(6-3)18-13)11-19(5-2)10-12-8-7-9-17-12/h12,17H,4-11H2,1-3H3. The zero-order valence-corrected chi connectivity index (χ0v) is 13.7. The third-order valence-corrected chi connectivity index (χ3v) is 4.59. The molecule has 1 aromatic heterocycles. The Labute approximate surface area is 127 Å². The van der Waals surface area contributed by atoms with Crippen molar-refractivity contribution in [1.82, 2.24) is 20.0 Å². The van der Waals surface area contributed by atoms with Crippen LogP contribution in [-0.2, 0) is 19.5 Å². The summed E-state index contributed by atoms with van der Waals surface area (Å²) >= 11 is 6.50. The first-order valence-corrected chi connectivity index (χ1v) is 8.27. The van der Waals surface area contributed by atoms with E-state index in [1.54, 1.807) is 0 Å². The van der Waals surface area contributed by atoms with Crippen molar-refractivity contribution in [3.05, 3.63) is 16.4 Å². The molecule has 2 rings (SSSR count). The fourth-order valence-electron chi connectivity index (χ4n) is 2.91. The summed E-state index contributed by atoms with van der Waals surface area (Å²) in [6.07, 6.45) is 3.49. The first kappa shape index (κ1) is 15.8. The monoisotopic (exact) mass is 298 g/mol. The van der Waals surface area contributed by atoms with E-state index < -0.39 is 0 Å². The lowest BCUT2D eigenvalue weighted by Crippen LogP contribution is -2.37. The Morgan fingerprint density at radius 2 is 2.20 bits per heavy atom. The molecule has 2 heterocycles. The molecule has 1 atom stereocenters. The van der Waals surface area contributed by atoms with Crippen LogP contribution < -0.4 is 5.32 Å². The summed E-state index contributed by atoms with van der Waals surface area (Å²) in [4.78, 5) is 2.47. The summed E-state index contributed by atoms with van der Waals surface area (Å²) in [7, 11) is 0. The number of aromatic nitrogens is 2. The molecular weight excluding hydrogens is 272 g/mol. The number of nitrogens with zero attached hydrogens (tertiary/aromatic N) is 3. The minimum Gasteiger partial charge on any atom is -0.313 e. The third-order valence-electron chi connectivity index (χ3n) is 4.16. The Hall–Kier alpha value is -0.580. The molecule has 5 heteroatoms. The van der Waals surface area contributed by atoms with Crippen molar-refractivity contribution in [2.45, 2.75) is 59.2 Å². The van der Waals surface area contributed by atoms with Crippen molar-refractivity contribution < 1.29 is 0 Å². The lowest BCUT2D eigenvalue weighted by Gasteiger charge is -2.24. The van der Waals surface area contributed by atoms with E-state index in [0.29, 0.717) is 6.04 Å². The van der Waals surface area contributed by atoms with Crippen LogP contribution in [-0.4, -0.2) is 40.4 Å². The van der Waals surface area contributed by atoms with Crippen LogP contribution in [0, 0.1) is 0 Å². The van der Waals surface area contributed by atoms with Gasteiger partial charge >= 0.3 is 0 Å². The van der Waals surface area contributed by atoms with Crippen molar-refractivity contribution in [2.24, 2.45) is 0 Å². The number of halogens is 1. The highest BCUT2D eigenvalue weighted by atomic mass is 35.5. The fourth-order valence-corrected chi connectivity index (χ4v) is 3.24. The predicted molar refractivity (Wildman–Crippen MR) is 84.3 cm³/mol. The van der Waals surface area contributed by atoms with Gasteiger partial charge in [0.1, 0.15) is 0 Å². The molecule has 0 spiro atoms.